The van der Waals surface area contributed by atoms with Crippen molar-refractivity contribution >= 4 is 44.6 Å². The molecule has 1 unspecified atom stereocenters. The second-order valence-electron chi connectivity index (χ2n) is 4.25. The maximum atomic E-state index is 12.1. The number of nitrogens with one attached hydrogen (secondary N) is 1. The van der Waals surface area contributed by atoms with E-state index in [1.807, 2.05) is 18.2 Å². The molecular formula is C12H12Cl2N2O2S2. The fraction of sp³-hybridized carbons (Fsp3) is 0.250. The Hall–Kier alpha value is -0.660. The van der Waals surface area contributed by atoms with Crippen LogP contribution in [0.15, 0.2) is 34.7 Å². The van der Waals surface area contributed by atoms with Gasteiger partial charge in [0.05, 0.1) is 6.20 Å². The summed E-state index contributed by atoms with van der Waals surface area (Å²) in [6.07, 6.45) is 1.75. The molecule has 0 aliphatic carbocycles. The first-order chi connectivity index (χ1) is 9.38. The summed E-state index contributed by atoms with van der Waals surface area (Å²) in [5.41, 5.74) is 0.895. The average molecular weight is 351 g/mol. The molecule has 20 heavy (non-hydrogen) atoms. The van der Waals surface area contributed by atoms with Crippen molar-refractivity contribution < 1.29 is 8.42 Å². The molecule has 1 atom stereocenters. The van der Waals surface area contributed by atoms with E-state index in [0.717, 1.165) is 16.9 Å². The molecule has 1 heterocycles. The minimum atomic E-state index is -3.59. The fourth-order valence-corrected chi connectivity index (χ4v) is 4.49. The number of nitrogens with zero attached hydrogens (tertiary/aromatic N) is 1. The maximum Gasteiger partial charge on any atom is 0.251 e. The van der Waals surface area contributed by atoms with Crippen LogP contribution in [0.25, 0.3) is 0 Å². The van der Waals surface area contributed by atoms with Crippen molar-refractivity contribution in [1.29, 1.82) is 0 Å². The number of aromatic nitrogens is 1. The Morgan fingerprint density at radius 3 is 2.65 bits per heavy atom. The van der Waals surface area contributed by atoms with Gasteiger partial charge in [0.2, 0.25) is 0 Å². The Labute approximate surface area is 131 Å². The molecule has 0 aliphatic rings. The highest BCUT2D eigenvalue weighted by Gasteiger charge is 2.20. The van der Waals surface area contributed by atoms with Crippen molar-refractivity contribution in [2.75, 3.05) is 0 Å². The first-order valence-electron chi connectivity index (χ1n) is 5.75. The van der Waals surface area contributed by atoms with Crippen molar-refractivity contribution in [3.8, 4) is 0 Å². The summed E-state index contributed by atoms with van der Waals surface area (Å²) in [4.78, 5) is 3.73. The number of halogens is 2. The van der Waals surface area contributed by atoms with E-state index in [-0.39, 0.29) is 14.7 Å². The van der Waals surface area contributed by atoms with Crippen LogP contribution in [0.3, 0.4) is 0 Å². The van der Waals surface area contributed by atoms with Crippen molar-refractivity contribution in [2.24, 2.45) is 0 Å². The largest absolute Gasteiger partial charge is 0.251 e. The summed E-state index contributed by atoms with van der Waals surface area (Å²) in [7, 11) is -3.59. The molecule has 0 bridgehead atoms. The van der Waals surface area contributed by atoms with Crippen LogP contribution in [0.4, 0.5) is 0 Å². The van der Waals surface area contributed by atoms with Gasteiger partial charge >= 0.3 is 0 Å². The van der Waals surface area contributed by atoms with Crippen LogP contribution in [0.5, 0.6) is 0 Å². The number of sulfonamides is 1. The Balaban J connectivity index is 2.08. The lowest BCUT2D eigenvalue weighted by atomic mass is 10.1. The molecule has 0 aliphatic heterocycles. The third kappa shape index (κ3) is 3.93. The minimum absolute atomic E-state index is 0.105. The summed E-state index contributed by atoms with van der Waals surface area (Å²) < 4.78 is 27.1. The van der Waals surface area contributed by atoms with Crippen molar-refractivity contribution in [2.45, 2.75) is 23.6 Å². The smallest absolute Gasteiger partial charge is 0.232 e. The lowest BCUT2D eigenvalue weighted by Gasteiger charge is -2.14. The summed E-state index contributed by atoms with van der Waals surface area (Å²) in [6.45, 7) is 1.78. The van der Waals surface area contributed by atoms with Crippen LogP contribution in [0.2, 0.25) is 9.49 Å². The van der Waals surface area contributed by atoms with Crippen molar-refractivity contribution in [1.82, 2.24) is 9.71 Å². The van der Waals surface area contributed by atoms with E-state index in [1.54, 1.807) is 13.0 Å². The Morgan fingerprint density at radius 1 is 1.35 bits per heavy atom. The normalized spacial score (nSPS) is 13.3. The van der Waals surface area contributed by atoms with Gasteiger partial charge in [-0.2, -0.15) is 0 Å². The van der Waals surface area contributed by atoms with Gasteiger partial charge in [0, 0.05) is 11.1 Å². The lowest BCUT2D eigenvalue weighted by molar-refractivity contribution is 0.561. The molecule has 4 nitrogen and oxygen atoms in total. The molecule has 1 aromatic carbocycles. The molecule has 2 rings (SSSR count). The summed E-state index contributed by atoms with van der Waals surface area (Å²) in [6, 6.07) is 7.06. The van der Waals surface area contributed by atoms with Crippen LogP contribution < -0.4 is 4.72 Å². The Morgan fingerprint density at radius 2 is 2.05 bits per heavy atom. The first-order valence-corrected chi connectivity index (χ1v) is 8.81. The summed E-state index contributed by atoms with van der Waals surface area (Å²) >= 11 is 12.6. The number of thiazole rings is 1. The minimum Gasteiger partial charge on any atom is -0.232 e. The summed E-state index contributed by atoms with van der Waals surface area (Å²) in [5.74, 6) is 0. The van der Waals surface area contributed by atoms with E-state index in [9.17, 15) is 8.42 Å². The fourth-order valence-electron chi connectivity index (χ4n) is 1.72. The highest BCUT2D eigenvalue weighted by Crippen LogP contribution is 2.23. The second kappa shape index (κ2) is 6.41. The van der Waals surface area contributed by atoms with Crippen LogP contribution in [-0.4, -0.2) is 19.4 Å². The lowest BCUT2D eigenvalue weighted by Crippen LogP contribution is -2.33. The van der Waals surface area contributed by atoms with Gasteiger partial charge in [-0.25, -0.2) is 18.1 Å². The number of hydrogen-bond donors (Lipinski definition) is 1. The van der Waals surface area contributed by atoms with E-state index in [0.29, 0.717) is 11.4 Å². The highest BCUT2D eigenvalue weighted by atomic mass is 35.5. The third-order valence-corrected chi connectivity index (χ3v) is 6.10. The van der Waals surface area contributed by atoms with Gasteiger partial charge in [-0.3, -0.25) is 0 Å². The monoisotopic (exact) mass is 350 g/mol. The molecule has 1 aromatic heterocycles. The predicted molar refractivity (Wildman–Crippen MR) is 82.1 cm³/mol. The zero-order chi connectivity index (χ0) is 14.8. The molecular weight excluding hydrogens is 339 g/mol. The SMILES string of the molecule is CC(Cc1ccccc1Cl)NS(=O)(=O)c1cnc(Cl)s1. The van der Waals surface area contributed by atoms with Gasteiger partial charge < -0.3 is 0 Å². The van der Waals surface area contributed by atoms with E-state index in [2.05, 4.69) is 9.71 Å². The molecule has 2 aromatic rings. The zero-order valence-electron chi connectivity index (χ0n) is 10.5. The Bertz CT molecular complexity index is 701. The van der Waals surface area contributed by atoms with Crippen LogP contribution in [-0.2, 0) is 16.4 Å². The van der Waals surface area contributed by atoms with Gasteiger partial charge in [-0.05, 0) is 25.0 Å². The number of benzene rings is 1. The second-order valence-corrected chi connectivity index (χ2v) is 8.21. The standard InChI is InChI=1S/C12H12Cl2N2O2S2/c1-8(6-9-4-2-3-5-10(9)13)16-20(17,18)11-7-15-12(14)19-11/h2-5,7-8,16H,6H2,1H3. The molecule has 8 heteroatoms. The van der Waals surface area contributed by atoms with Gasteiger partial charge in [0.15, 0.2) is 8.68 Å². The topological polar surface area (TPSA) is 59.1 Å². The number of rotatable bonds is 5. The molecule has 0 saturated heterocycles. The molecule has 0 amide bonds. The van der Waals surface area contributed by atoms with E-state index in [4.69, 9.17) is 23.2 Å². The van der Waals surface area contributed by atoms with Crippen LogP contribution >= 0.6 is 34.5 Å². The van der Waals surface area contributed by atoms with Gasteiger partial charge in [-0.1, -0.05) is 52.7 Å². The van der Waals surface area contributed by atoms with Crippen molar-refractivity contribution in [3.05, 3.63) is 45.5 Å². The molecule has 0 radical (unpaired) electrons. The van der Waals surface area contributed by atoms with E-state index >= 15 is 0 Å². The van der Waals surface area contributed by atoms with Crippen LogP contribution in [0, 0.1) is 0 Å². The molecule has 0 saturated carbocycles. The highest BCUT2D eigenvalue weighted by molar-refractivity contribution is 7.91. The van der Waals surface area contributed by atoms with Crippen LogP contribution in [0.1, 0.15) is 12.5 Å². The summed E-state index contributed by atoms with van der Waals surface area (Å²) in [5, 5.41) is 0.624. The zero-order valence-corrected chi connectivity index (χ0v) is 13.7. The average Bonchev–Trinajstić information content (AvgIpc) is 2.79. The Kier molecular flexibility index (Phi) is 5.04. The molecule has 108 valence electrons. The molecule has 1 N–H and O–H groups in total. The molecule has 0 spiro atoms. The van der Waals surface area contributed by atoms with Gasteiger partial charge in [0.1, 0.15) is 0 Å². The first kappa shape index (κ1) is 15.7. The molecule has 0 fully saturated rings. The third-order valence-electron chi connectivity index (χ3n) is 2.56. The van der Waals surface area contributed by atoms with E-state index in [1.165, 1.54) is 6.20 Å². The number of hydrogen-bond acceptors (Lipinski definition) is 4. The maximum absolute atomic E-state index is 12.1. The van der Waals surface area contributed by atoms with Gasteiger partial charge in [0.25, 0.3) is 10.0 Å². The van der Waals surface area contributed by atoms with E-state index < -0.39 is 10.0 Å². The predicted octanol–water partition coefficient (Wildman–Crippen LogP) is 3.36. The van der Waals surface area contributed by atoms with Gasteiger partial charge in [-0.15, -0.1) is 0 Å². The quantitative estimate of drug-likeness (QED) is 0.899. The van der Waals surface area contributed by atoms with Crippen molar-refractivity contribution in [3.63, 3.8) is 0 Å².